The van der Waals surface area contributed by atoms with Crippen molar-refractivity contribution in [2.45, 2.75) is 27.2 Å². The summed E-state index contributed by atoms with van der Waals surface area (Å²) >= 11 is 3.19. The molecule has 0 saturated heterocycles. The average Bonchev–Trinajstić information content (AvgIpc) is 2.20. The molecule has 0 radical (unpaired) electrons. The number of halogens is 2. The van der Waals surface area contributed by atoms with Gasteiger partial charge in [0.05, 0.1) is 0 Å². The molecule has 0 aliphatic heterocycles. The highest BCUT2D eigenvalue weighted by Crippen LogP contribution is 2.19. The molecule has 0 amide bonds. The lowest BCUT2D eigenvalue weighted by molar-refractivity contribution is -0.122. The summed E-state index contributed by atoms with van der Waals surface area (Å²) in [5.41, 5.74) is 0.473. The van der Waals surface area contributed by atoms with Crippen LogP contribution in [-0.4, -0.2) is 5.78 Å². The highest BCUT2D eigenvalue weighted by molar-refractivity contribution is 9.10. The van der Waals surface area contributed by atoms with Crippen molar-refractivity contribution in [3.63, 3.8) is 0 Å². The molecule has 0 fully saturated rings. The summed E-state index contributed by atoms with van der Waals surface area (Å²) in [6, 6.07) is 4.80. The molecule has 0 aliphatic carbocycles. The third-order valence-electron chi connectivity index (χ3n) is 2.89. The van der Waals surface area contributed by atoms with E-state index in [1.807, 2.05) is 20.8 Å². The van der Waals surface area contributed by atoms with Crippen LogP contribution in [0.2, 0.25) is 0 Å². The van der Waals surface area contributed by atoms with E-state index < -0.39 is 0 Å². The van der Waals surface area contributed by atoms with Crippen LogP contribution in [0.4, 0.5) is 4.39 Å². The van der Waals surface area contributed by atoms with E-state index in [-0.39, 0.29) is 23.9 Å². The largest absolute Gasteiger partial charge is 0.299 e. The summed E-state index contributed by atoms with van der Waals surface area (Å²) in [6.07, 6.45) is 0.179. The number of carbonyl (C=O) groups excluding carboxylic acids is 1. The van der Waals surface area contributed by atoms with E-state index in [4.69, 9.17) is 0 Å². The van der Waals surface area contributed by atoms with Crippen molar-refractivity contribution in [3.8, 4) is 0 Å². The molecule has 1 unspecified atom stereocenters. The van der Waals surface area contributed by atoms with Crippen LogP contribution in [-0.2, 0) is 11.2 Å². The Labute approximate surface area is 104 Å². The molecule has 1 aromatic carbocycles. The Hall–Kier alpha value is -0.700. The van der Waals surface area contributed by atoms with Gasteiger partial charge in [-0.05, 0) is 23.6 Å². The molecule has 0 spiro atoms. The Balaban J connectivity index is 2.77. The predicted molar refractivity (Wildman–Crippen MR) is 66.8 cm³/mol. The Morgan fingerprint density at radius 3 is 2.50 bits per heavy atom. The Morgan fingerprint density at radius 2 is 2.00 bits per heavy atom. The summed E-state index contributed by atoms with van der Waals surface area (Å²) in [4.78, 5) is 11.8. The summed E-state index contributed by atoms with van der Waals surface area (Å²) in [7, 11) is 0. The third kappa shape index (κ3) is 3.41. The minimum atomic E-state index is -0.321. The fourth-order valence-electron chi connectivity index (χ4n) is 1.39. The first-order valence-corrected chi connectivity index (χ1v) is 6.17. The first-order valence-electron chi connectivity index (χ1n) is 5.38. The monoisotopic (exact) mass is 286 g/mol. The molecule has 0 N–H and O–H groups in total. The quantitative estimate of drug-likeness (QED) is 0.818. The number of benzene rings is 1. The minimum Gasteiger partial charge on any atom is -0.299 e. The maximum Gasteiger partial charge on any atom is 0.140 e. The summed E-state index contributed by atoms with van der Waals surface area (Å²) in [5, 5.41) is 0. The van der Waals surface area contributed by atoms with Crippen molar-refractivity contribution in [1.82, 2.24) is 0 Å². The Morgan fingerprint density at radius 1 is 1.38 bits per heavy atom. The van der Waals surface area contributed by atoms with Crippen molar-refractivity contribution in [3.05, 3.63) is 34.1 Å². The molecule has 1 rings (SSSR count). The van der Waals surface area contributed by atoms with E-state index in [1.165, 1.54) is 6.07 Å². The number of Topliss-reactive ketones (excluding diaryl/α,β-unsaturated/α-hetero) is 1. The lowest BCUT2D eigenvalue weighted by Gasteiger charge is -2.14. The van der Waals surface area contributed by atoms with Crippen LogP contribution in [0.15, 0.2) is 22.7 Å². The van der Waals surface area contributed by atoms with E-state index >= 15 is 0 Å². The number of hydrogen-bond donors (Lipinski definition) is 0. The topological polar surface area (TPSA) is 17.1 Å². The average molecular weight is 287 g/mol. The minimum absolute atomic E-state index is 0.0250. The first kappa shape index (κ1) is 13.4. The van der Waals surface area contributed by atoms with Gasteiger partial charge in [-0.3, -0.25) is 4.79 Å². The van der Waals surface area contributed by atoms with Crippen LogP contribution in [0.25, 0.3) is 0 Å². The number of rotatable bonds is 4. The van der Waals surface area contributed by atoms with E-state index in [1.54, 1.807) is 12.1 Å². The lowest BCUT2D eigenvalue weighted by Crippen LogP contribution is -2.19. The van der Waals surface area contributed by atoms with Crippen LogP contribution in [0, 0.1) is 17.7 Å². The first-order chi connectivity index (χ1) is 7.41. The fraction of sp³-hybridized carbons (Fsp3) is 0.462. The second-order valence-electron chi connectivity index (χ2n) is 4.41. The van der Waals surface area contributed by atoms with Crippen molar-refractivity contribution < 1.29 is 9.18 Å². The fourth-order valence-corrected chi connectivity index (χ4v) is 1.72. The zero-order valence-corrected chi connectivity index (χ0v) is 11.3. The number of hydrogen-bond acceptors (Lipinski definition) is 1. The van der Waals surface area contributed by atoms with Crippen LogP contribution in [0.1, 0.15) is 26.3 Å². The lowest BCUT2D eigenvalue weighted by atomic mass is 9.90. The van der Waals surface area contributed by atoms with Gasteiger partial charge >= 0.3 is 0 Å². The second kappa shape index (κ2) is 5.58. The number of carbonyl (C=O) groups is 1. The molecular weight excluding hydrogens is 271 g/mol. The van der Waals surface area contributed by atoms with Crippen molar-refractivity contribution in [1.29, 1.82) is 0 Å². The van der Waals surface area contributed by atoms with Gasteiger partial charge in [0, 0.05) is 16.8 Å². The van der Waals surface area contributed by atoms with Gasteiger partial charge in [-0.15, -0.1) is 0 Å². The van der Waals surface area contributed by atoms with Gasteiger partial charge < -0.3 is 0 Å². The zero-order chi connectivity index (χ0) is 12.3. The van der Waals surface area contributed by atoms with Crippen LogP contribution >= 0.6 is 15.9 Å². The van der Waals surface area contributed by atoms with Gasteiger partial charge in [-0.25, -0.2) is 4.39 Å². The molecule has 0 aliphatic rings. The highest BCUT2D eigenvalue weighted by Gasteiger charge is 2.18. The van der Waals surface area contributed by atoms with Crippen LogP contribution in [0.3, 0.4) is 0 Å². The maximum absolute atomic E-state index is 13.5. The predicted octanol–water partition coefficient (Wildman–Crippen LogP) is 3.99. The number of ketones is 1. The van der Waals surface area contributed by atoms with Crippen LogP contribution < -0.4 is 0 Å². The van der Waals surface area contributed by atoms with Gasteiger partial charge in [0.15, 0.2) is 0 Å². The van der Waals surface area contributed by atoms with E-state index in [2.05, 4.69) is 15.9 Å². The summed E-state index contributed by atoms with van der Waals surface area (Å²) in [6.45, 7) is 5.89. The molecular formula is C13H16BrFO. The molecule has 0 heterocycles. The Bertz CT molecular complexity index is 388. The normalized spacial score (nSPS) is 12.9. The molecule has 88 valence electrons. The van der Waals surface area contributed by atoms with E-state index in [9.17, 15) is 9.18 Å². The highest BCUT2D eigenvalue weighted by atomic mass is 79.9. The molecule has 1 atom stereocenters. The van der Waals surface area contributed by atoms with Crippen molar-refractivity contribution in [2.24, 2.45) is 11.8 Å². The van der Waals surface area contributed by atoms with Crippen molar-refractivity contribution >= 4 is 21.7 Å². The molecule has 1 nitrogen and oxygen atoms in total. The van der Waals surface area contributed by atoms with Gasteiger partial charge in [0.1, 0.15) is 11.6 Å². The molecule has 0 aromatic heterocycles. The van der Waals surface area contributed by atoms with E-state index in [0.717, 1.165) is 0 Å². The SMILES string of the molecule is CC(C)C(C)C(=O)Cc1ccc(Br)cc1F. The molecule has 3 heteroatoms. The van der Waals surface area contributed by atoms with Gasteiger partial charge in [0.25, 0.3) is 0 Å². The van der Waals surface area contributed by atoms with Crippen LogP contribution in [0.5, 0.6) is 0 Å². The smallest absolute Gasteiger partial charge is 0.140 e. The van der Waals surface area contributed by atoms with E-state index in [0.29, 0.717) is 16.0 Å². The zero-order valence-electron chi connectivity index (χ0n) is 9.76. The third-order valence-corrected chi connectivity index (χ3v) is 3.38. The maximum atomic E-state index is 13.5. The van der Waals surface area contributed by atoms with Gasteiger partial charge in [-0.1, -0.05) is 42.8 Å². The summed E-state index contributed by atoms with van der Waals surface area (Å²) in [5.74, 6) is 0.0453. The summed E-state index contributed by atoms with van der Waals surface area (Å²) < 4.78 is 14.2. The standard InChI is InChI=1S/C13H16BrFO/c1-8(2)9(3)13(16)6-10-4-5-11(14)7-12(10)15/h4-5,7-9H,6H2,1-3H3. The molecule has 1 aromatic rings. The second-order valence-corrected chi connectivity index (χ2v) is 5.33. The van der Waals surface area contributed by atoms with Gasteiger partial charge in [0.2, 0.25) is 0 Å². The Kier molecular flexibility index (Phi) is 4.66. The van der Waals surface area contributed by atoms with Crippen molar-refractivity contribution in [2.75, 3.05) is 0 Å². The van der Waals surface area contributed by atoms with Gasteiger partial charge in [-0.2, -0.15) is 0 Å². The molecule has 16 heavy (non-hydrogen) atoms. The molecule has 0 bridgehead atoms. The molecule has 0 saturated carbocycles.